The van der Waals surface area contributed by atoms with E-state index >= 15 is 0 Å². The maximum atomic E-state index is 12.4. The number of hydrogen-bond donors (Lipinski definition) is 2. The van der Waals surface area contributed by atoms with Crippen LogP contribution in [0.15, 0.2) is 12.1 Å². The topological polar surface area (TPSA) is 67.8 Å². The van der Waals surface area contributed by atoms with Crippen LogP contribution in [-0.4, -0.2) is 41.8 Å². The number of piperidine rings is 1. The second-order valence-electron chi connectivity index (χ2n) is 6.74. The number of Topliss-reactive ketones (excluding diaryl/α,β-unsaturated/α-hetero) is 1. The summed E-state index contributed by atoms with van der Waals surface area (Å²) in [7, 11) is 0. The van der Waals surface area contributed by atoms with E-state index in [1.165, 1.54) is 5.56 Å². The van der Waals surface area contributed by atoms with Gasteiger partial charge in [0.1, 0.15) is 6.61 Å². The molecule has 0 radical (unpaired) electrons. The van der Waals surface area contributed by atoms with Gasteiger partial charge in [0.2, 0.25) is 0 Å². The van der Waals surface area contributed by atoms with Crippen molar-refractivity contribution in [2.45, 2.75) is 42.9 Å². The van der Waals surface area contributed by atoms with E-state index in [1.54, 1.807) is 6.07 Å². The molecule has 2 saturated heterocycles. The van der Waals surface area contributed by atoms with Gasteiger partial charge in [-0.2, -0.15) is 0 Å². The number of phenolic OH excluding ortho intramolecular Hbond substituents is 1. The van der Waals surface area contributed by atoms with E-state index < -0.39 is 17.1 Å². The van der Waals surface area contributed by atoms with Crippen molar-refractivity contribution in [2.24, 2.45) is 0 Å². The maximum Gasteiger partial charge on any atom is 0.199 e. The summed E-state index contributed by atoms with van der Waals surface area (Å²) in [5.41, 5.74) is 1.26. The highest BCUT2D eigenvalue weighted by atomic mass is 16.5. The smallest absolute Gasteiger partial charge is 0.199 e. The number of hydrogen-bond acceptors (Lipinski definition) is 5. The molecule has 4 atom stereocenters. The molecule has 0 saturated carbocycles. The number of aromatic hydroxyl groups is 1. The van der Waals surface area contributed by atoms with Crippen LogP contribution < -0.4 is 10.1 Å². The minimum Gasteiger partial charge on any atom is -0.504 e. The van der Waals surface area contributed by atoms with Gasteiger partial charge in [-0.15, -0.1) is 0 Å². The van der Waals surface area contributed by atoms with Gasteiger partial charge in [-0.3, -0.25) is 4.79 Å². The predicted molar refractivity (Wildman–Crippen MR) is 73.7 cm³/mol. The van der Waals surface area contributed by atoms with E-state index in [1.807, 2.05) is 6.07 Å². The first kappa shape index (κ1) is 12.0. The molecule has 2 bridgehead atoms. The molecule has 110 valence electrons. The molecule has 2 fully saturated rings. The van der Waals surface area contributed by atoms with Crippen molar-refractivity contribution in [1.29, 1.82) is 0 Å². The Morgan fingerprint density at radius 1 is 1.43 bits per heavy atom. The number of nitrogens with one attached hydrogen (secondary N) is 1. The maximum absolute atomic E-state index is 12.4. The van der Waals surface area contributed by atoms with Crippen molar-refractivity contribution in [3.63, 3.8) is 0 Å². The van der Waals surface area contributed by atoms with Gasteiger partial charge < -0.3 is 19.9 Å². The van der Waals surface area contributed by atoms with Crippen LogP contribution in [0, 0.1) is 0 Å². The van der Waals surface area contributed by atoms with Crippen LogP contribution in [0.3, 0.4) is 0 Å². The highest BCUT2D eigenvalue weighted by Gasteiger charge is 2.71. The van der Waals surface area contributed by atoms with E-state index in [0.717, 1.165) is 24.9 Å². The lowest BCUT2D eigenvalue weighted by atomic mass is 9.52. The third kappa shape index (κ3) is 1.09. The Labute approximate surface area is 122 Å². The molecular formula is C16H17NO4. The SMILES string of the molecule is C[C@]12OCC(=O)[C@@H]3Oc4c(O)ccc5c4[C@@]31CCN[C@@H]2C5. The zero-order valence-corrected chi connectivity index (χ0v) is 11.8. The van der Waals surface area contributed by atoms with E-state index in [4.69, 9.17) is 9.47 Å². The van der Waals surface area contributed by atoms with Crippen LogP contribution >= 0.6 is 0 Å². The van der Waals surface area contributed by atoms with Crippen LogP contribution in [-0.2, 0) is 21.4 Å². The Bertz CT molecular complexity index is 687. The molecule has 1 spiro atoms. The van der Waals surface area contributed by atoms with Gasteiger partial charge in [0, 0.05) is 11.6 Å². The predicted octanol–water partition coefficient (Wildman–Crippen LogP) is 0.667. The minimum atomic E-state index is -0.525. The molecular weight excluding hydrogens is 270 g/mol. The summed E-state index contributed by atoms with van der Waals surface area (Å²) in [6, 6.07) is 3.81. The van der Waals surface area contributed by atoms with Crippen molar-refractivity contribution < 1.29 is 19.4 Å². The van der Waals surface area contributed by atoms with Crippen molar-refractivity contribution >= 4 is 5.78 Å². The van der Waals surface area contributed by atoms with Gasteiger partial charge in [-0.25, -0.2) is 0 Å². The quantitative estimate of drug-likeness (QED) is 0.734. The fraction of sp³-hybridized carbons (Fsp3) is 0.562. The number of carbonyl (C=O) groups excluding carboxylic acids is 1. The number of benzene rings is 1. The highest BCUT2D eigenvalue weighted by Crippen LogP contribution is 2.62. The Kier molecular flexibility index (Phi) is 1.95. The molecule has 4 aliphatic rings. The second kappa shape index (κ2) is 3.42. The zero-order valence-electron chi connectivity index (χ0n) is 11.8. The van der Waals surface area contributed by atoms with Gasteiger partial charge in [0.25, 0.3) is 0 Å². The molecule has 1 aliphatic carbocycles. The van der Waals surface area contributed by atoms with E-state index in [-0.39, 0.29) is 24.2 Å². The van der Waals surface area contributed by atoms with Gasteiger partial charge in [0.05, 0.1) is 11.0 Å². The summed E-state index contributed by atoms with van der Waals surface area (Å²) in [5, 5.41) is 13.7. The summed E-state index contributed by atoms with van der Waals surface area (Å²) in [6.45, 7) is 3.02. The molecule has 0 amide bonds. The standard InChI is InChI=1S/C16H17NO4/c1-15-11-6-8-2-3-9(18)13-12(8)16(15,4-5-17-11)14(21-13)10(19)7-20-15/h2-3,11,14,17-18H,4-7H2,1H3/t11-,14+,15-,16+/m1/s1. The first-order valence-electron chi connectivity index (χ1n) is 7.50. The molecule has 3 heterocycles. The summed E-state index contributed by atoms with van der Waals surface area (Å²) < 4.78 is 12.0. The number of rotatable bonds is 0. The molecule has 5 heteroatoms. The normalized spacial score (nSPS) is 42.4. The molecule has 2 N–H and O–H groups in total. The Morgan fingerprint density at radius 2 is 2.29 bits per heavy atom. The average molecular weight is 287 g/mol. The van der Waals surface area contributed by atoms with Gasteiger partial charge in [-0.05, 0) is 37.9 Å². The number of carbonyl (C=O) groups is 1. The van der Waals surface area contributed by atoms with Crippen molar-refractivity contribution in [3.05, 3.63) is 23.3 Å². The lowest BCUT2D eigenvalue weighted by Crippen LogP contribution is -2.76. The second-order valence-corrected chi connectivity index (χ2v) is 6.74. The number of ketones is 1. The van der Waals surface area contributed by atoms with Gasteiger partial charge in [0.15, 0.2) is 23.4 Å². The van der Waals surface area contributed by atoms with Gasteiger partial charge in [-0.1, -0.05) is 6.07 Å². The van der Waals surface area contributed by atoms with E-state index in [2.05, 4.69) is 12.2 Å². The summed E-state index contributed by atoms with van der Waals surface area (Å²) in [6.07, 6.45) is 1.11. The molecule has 0 aromatic heterocycles. The monoisotopic (exact) mass is 287 g/mol. The summed E-state index contributed by atoms with van der Waals surface area (Å²) in [5.74, 6) is 0.615. The van der Waals surface area contributed by atoms with Crippen molar-refractivity contribution in [3.8, 4) is 11.5 Å². The van der Waals surface area contributed by atoms with E-state index in [9.17, 15) is 9.90 Å². The Hall–Kier alpha value is -1.59. The minimum absolute atomic E-state index is 0.0171. The summed E-state index contributed by atoms with van der Waals surface area (Å²) in [4.78, 5) is 12.4. The van der Waals surface area contributed by atoms with Crippen LogP contribution in [0.1, 0.15) is 24.5 Å². The van der Waals surface area contributed by atoms with Gasteiger partial charge >= 0.3 is 0 Å². The van der Waals surface area contributed by atoms with Crippen molar-refractivity contribution in [1.82, 2.24) is 5.32 Å². The molecule has 3 aliphatic heterocycles. The fourth-order valence-corrected chi connectivity index (χ4v) is 5.06. The number of phenols is 1. The number of ether oxygens (including phenoxy) is 2. The van der Waals surface area contributed by atoms with Crippen LogP contribution in [0.2, 0.25) is 0 Å². The first-order chi connectivity index (χ1) is 10.1. The van der Waals surface area contributed by atoms with Crippen LogP contribution in [0.4, 0.5) is 0 Å². The third-order valence-electron chi connectivity index (χ3n) is 6.04. The fourth-order valence-electron chi connectivity index (χ4n) is 5.06. The van der Waals surface area contributed by atoms with Crippen LogP contribution in [0.5, 0.6) is 11.5 Å². The molecule has 1 aromatic carbocycles. The van der Waals surface area contributed by atoms with Crippen LogP contribution in [0.25, 0.3) is 0 Å². The largest absolute Gasteiger partial charge is 0.504 e. The zero-order chi connectivity index (χ0) is 14.4. The summed E-state index contributed by atoms with van der Waals surface area (Å²) >= 11 is 0. The molecule has 1 aromatic rings. The lowest BCUT2D eigenvalue weighted by molar-refractivity contribution is -0.193. The average Bonchev–Trinajstić information content (AvgIpc) is 2.80. The Morgan fingerprint density at radius 3 is 3.14 bits per heavy atom. The van der Waals surface area contributed by atoms with E-state index in [0.29, 0.717) is 5.75 Å². The first-order valence-corrected chi connectivity index (χ1v) is 7.50. The van der Waals surface area contributed by atoms with Crippen molar-refractivity contribution in [2.75, 3.05) is 13.2 Å². The highest BCUT2D eigenvalue weighted by molar-refractivity contribution is 5.90. The lowest BCUT2D eigenvalue weighted by Gasteiger charge is -2.60. The molecule has 0 unspecified atom stereocenters. The molecule has 5 rings (SSSR count). The molecule has 21 heavy (non-hydrogen) atoms. The molecule has 5 nitrogen and oxygen atoms in total. The Balaban J connectivity index is 1.89. The third-order valence-corrected chi connectivity index (χ3v) is 6.04.